The summed E-state index contributed by atoms with van der Waals surface area (Å²) in [5, 5.41) is 0. The summed E-state index contributed by atoms with van der Waals surface area (Å²) >= 11 is 0. The molecule has 1 aromatic heterocycles. The van der Waals surface area contributed by atoms with Crippen molar-refractivity contribution in [3.05, 3.63) is 34.2 Å². The molecule has 3 heteroatoms. The first kappa shape index (κ1) is 11.0. The Morgan fingerprint density at radius 1 is 1.50 bits per heavy atom. The Morgan fingerprint density at radius 2 is 2.14 bits per heavy atom. The molecule has 0 spiro atoms. The van der Waals surface area contributed by atoms with Crippen LogP contribution in [0.5, 0.6) is 0 Å². The number of pyridine rings is 1. The number of hydrogen-bond donors (Lipinski definition) is 1. The smallest absolute Gasteiger partial charge is 0.251 e. The van der Waals surface area contributed by atoms with E-state index in [0.29, 0.717) is 6.54 Å². The van der Waals surface area contributed by atoms with E-state index in [-0.39, 0.29) is 11.1 Å². The largest absolute Gasteiger partial charge is 0.328 e. The predicted octanol–water partition coefficient (Wildman–Crippen LogP) is 1.24. The number of hydrogen-bond acceptors (Lipinski definition) is 2. The normalized spacial score (nSPS) is 15.1. The van der Waals surface area contributed by atoms with Crippen molar-refractivity contribution >= 4 is 0 Å². The summed E-state index contributed by atoms with van der Waals surface area (Å²) in [6.45, 7) is 6.48. The van der Waals surface area contributed by atoms with Gasteiger partial charge in [-0.3, -0.25) is 4.79 Å². The highest BCUT2D eigenvalue weighted by Gasteiger charge is 2.24. The Balaban J connectivity index is 3.37. The number of nitrogens with zero attached hydrogens (tertiary/aromatic N) is 1. The van der Waals surface area contributed by atoms with Gasteiger partial charge in [-0.1, -0.05) is 13.0 Å². The zero-order chi connectivity index (χ0) is 10.8. The lowest BCUT2D eigenvalue weighted by molar-refractivity contribution is 0.301. The van der Waals surface area contributed by atoms with Gasteiger partial charge in [0.25, 0.3) is 5.56 Å². The SMILES string of the molecule is CCC(C)(CN)n1c(C)cccc1=O. The van der Waals surface area contributed by atoms with E-state index < -0.39 is 0 Å². The quantitative estimate of drug-likeness (QED) is 0.787. The molecule has 0 amide bonds. The number of nitrogens with two attached hydrogens (primary N) is 1. The lowest BCUT2D eigenvalue weighted by atomic mass is 9.98. The van der Waals surface area contributed by atoms with Crippen molar-refractivity contribution < 1.29 is 0 Å². The average molecular weight is 194 g/mol. The van der Waals surface area contributed by atoms with E-state index >= 15 is 0 Å². The van der Waals surface area contributed by atoms with Gasteiger partial charge in [-0.05, 0) is 26.3 Å². The van der Waals surface area contributed by atoms with Gasteiger partial charge in [-0.25, -0.2) is 0 Å². The zero-order valence-electron chi connectivity index (χ0n) is 9.08. The van der Waals surface area contributed by atoms with Gasteiger partial charge in [-0.2, -0.15) is 0 Å². The van der Waals surface area contributed by atoms with Gasteiger partial charge >= 0.3 is 0 Å². The lowest BCUT2D eigenvalue weighted by Gasteiger charge is -2.31. The monoisotopic (exact) mass is 194 g/mol. The molecule has 0 bridgehead atoms. The molecule has 1 atom stereocenters. The van der Waals surface area contributed by atoms with Crippen molar-refractivity contribution in [2.24, 2.45) is 5.73 Å². The van der Waals surface area contributed by atoms with Crippen LogP contribution >= 0.6 is 0 Å². The van der Waals surface area contributed by atoms with Crippen LogP contribution < -0.4 is 11.3 Å². The first-order chi connectivity index (χ1) is 6.55. The molecule has 3 nitrogen and oxygen atoms in total. The highest BCUT2D eigenvalue weighted by Crippen LogP contribution is 2.18. The number of rotatable bonds is 3. The first-order valence-electron chi connectivity index (χ1n) is 4.94. The van der Waals surface area contributed by atoms with Gasteiger partial charge < -0.3 is 10.3 Å². The summed E-state index contributed by atoms with van der Waals surface area (Å²) in [6.07, 6.45) is 0.855. The molecule has 78 valence electrons. The van der Waals surface area contributed by atoms with Crippen molar-refractivity contribution in [3.63, 3.8) is 0 Å². The summed E-state index contributed by atoms with van der Waals surface area (Å²) in [4.78, 5) is 11.7. The molecule has 0 radical (unpaired) electrons. The van der Waals surface area contributed by atoms with E-state index in [0.717, 1.165) is 12.1 Å². The van der Waals surface area contributed by atoms with Crippen molar-refractivity contribution in [3.8, 4) is 0 Å². The van der Waals surface area contributed by atoms with E-state index in [2.05, 4.69) is 0 Å². The summed E-state index contributed by atoms with van der Waals surface area (Å²) in [6, 6.07) is 5.29. The molecule has 0 aliphatic rings. The molecule has 0 fully saturated rings. The van der Waals surface area contributed by atoms with E-state index in [4.69, 9.17) is 5.73 Å². The summed E-state index contributed by atoms with van der Waals surface area (Å²) in [5.41, 5.74) is 6.46. The molecular weight excluding hydrogens is 176 g/mol. The molecule has 0 saturated carbocycles. The minimum Gasteiger partial charge on any atom is -0.328 e. The molecule has 14 heavy (non-hydrogen) atoms. The molecule has 2 N–H and O–H groups in total. The molecule has 1 aromatic rings. The topological polar surface area (TPSA) is 48.0 Å². The Hall–Kier alpha value is -1.09. The zero-order valence-corrected chi connectivity index (χ0v) is 9.08. The molecule has 0 aromatic carbocycles. The van der Waals surface area contributed by atoms with Crippen molar-refractivity contribution in [2.45, 2.75) is 32.7 Å². The summed E-state index contributed by atoms with van der Waals surface area (Å²) in [5.74, 6) is 0. The molecule has 0 aliphatic carbocycles. The molecule has 0 saturated heterocycles. The summed E-state index contributed by atoms with van der Waals surface area (Å²) in [7, 11) is 0. The summed E-state index contributed by atoms with van der Waals surface area (Å²) < 4.78 is 1.78. The standard InChI is InChI=1S/C11H18N2O/c1-4-11(3,8-12)13-9(2)6-5-7-10(13)14/h5-7H,4,8,12H2,1-3H3. The maximum Gasteiger partial charge on any atom is 0.251 e. The van der Waals surface area contributed by atoms with Gasteiger partial charge in [0.05, 0.1) is 5.54 Å². The van der Waals surface area contributed by atoms with Gasteiger partial charge in [0.1, 0.15) is 0 Å². The second-order valence-electron chi connectivity index (χ2n) is 3.90. The maximum atomic E-state index is 11.7. The first-order valence-corrected chi connectivity index (χ1v) is 4.94. The van der Waals surface area contributed by atoms with E-state index in [1.54, 1.807) is 16.7 Å². The van der Waals surface area contributed by atoms with Gasteiger partial charge in [0, 0.05) is 18.3 Å². The second kappa shape index (κ2) is 3.96. The Bertz CT molecular complexity index is 364. The second-order valence-corrected chi connectivity index (χ2v) is 3.90. The van der Waals surface area contributed by atoms with E-state index in [1.165, 1.54) is 0 Å². The Morgan fingerprint density at radius 3 is 2.57 bits per heavy atom. The molecule has 1 heterocycles. The number of aromatic nitrogens is 1. The van der Waals surface area contributed by atoms with Gasteiger partial charge in [0.2, 0.25) is 0 Å². The van der Waals surface area contributed by atoms with Crippen LogP contribution in [0.2, 0.25) is 0 Å². The minimum absolute atomic E-state index is 0.0276. The third-order valence-corrected chi connectivity index (χ3v) is 2.89. The molecular formula is C11H18N2O. The van der Waals surface area contributed by atoms with Gasteiger partial charge in [0.15, 0.2) is 0 Å². The van der Waals surface area contributed by atoms with Crippen LogP contribution in [-0.2, 0) is 5.54 Å². The van der Waals surface area contributed by atoms with Crippen molar-refractivity contribution in [2.75, 3.05) is 6.54 Å². The Labute approximate surface area is 84.6 Å². The fraction of sp³-hybridized carbons (Fsp3) is 0.545. The van der Waals surface area contributed by atoms with Crippen LogP contribution in [0.15, 0.2) is 23.0 Å². The van der Waals surface area contributed by atoms with Gasteiger partial charge in [-0.15, -0.1) is 0 Å². The molecule has 1 unspecified atom stereocenters. The molecule has 1 rings (SSSR count). The fourth-order valence-electron chi connectivity index (χ4n) is 1.68. The lowest BCUT2D eigenvalue weighted by Crippen LogP contribution is -2.44. The minimum atomic E-state index is -0.261. The third-order valence-electron chi connectivity index (χ3n) is 2.89. The highest BCUT2D eigenvalue weighted by atomic mass is 16.1. The maximum absolute atomic E-state index is 11.7. The van der Waals surface area contributed by atoms with Crippen LogP contribution in [0.4, 0.5) is 0 Å². The van der Waals surface area contributed by atoms with E-state index in [9.17, 15) is 4.79 Å². The third kappa shape index (κ3) is 1.73. The number of aryl methyl sites for hydroxylation is 1. The van der Waals surface area contributed by atoms with Crippen LogP contribution in [0, 0.1) is 6.92 Å². The predicted molar refractivity (Wildman–Crippen MR) is 58.4 cm³/mol. The van der Waals surface area contributed by atoms with E-state index in [1.807, 2.05) is 26.8 Å². The highest BCUT2D eigenvalue weighted by molar-refractivity contribution is 5.08. The fourth-order valence-corrected chi connectivity index (χ4v) is 1.68. The average Bonchev–Trinajstić information content (AvgIpc) is 2.17. The van der Waals surface area contributed by atoms with Crippen LogP contribution in [0.1, 0.15) is 26.0 Å². The Kier molecular flexibility index (Phi) is 3.11. The van der Waals surface area contributed by atoms with Crippen LogP contribution in [0.3, 0.4) is 0 Å². The van der Waals surface area contributed by atoms with Crippen molar-refractivity contribution in [1.82, 2.24) is 4.57 Å². The van der Waals surface area contributed by atoms with Crippen LogP contribution in [0.25, 0.3) is 0 Å². The van der Waals surface area contributed by atoms with Crippen molar-refractivity contribution in [1.29, 1.82) is 0 Å². The van der Waals surface area contributed by atoms with Crippen LogP contribution in [-0.4, -0.2) is 11.1 Å². The molecule has 0 aliphatic heterocycles.